The van der Waals surface area contributed by atoms with Crippen LogP contribution in [-0.4, -0.2) is 167 Å². The number of carbonyl (C=O) groups is 4. The van der Waals surface area contributed by atoms with Gasteiger partial charge in [0.25, 0.3) is 17.4 Å². The Morgan fingerprint density at radius 2 is 0.667 bits per heavy atom. The average Bonchev–Trinajstić information content (AvgIpc) is 2.80. The first kappa shape index (κ1) is 80.4. The van der Waals surface area contributed by atoms with Gasteiger partial charge in [-0.1, -0.05) is 111 Å². The Bertz CT molecular complexity index is 3190. The predicted molar refractivity (Wildman–Crippen MR) is 300 cm³/mol. The van der Waals surface area contributed by atoms with E-state index in [-0.39, 0.29) is 36.9 Å². The Kier molecular flexibility index (Phi) is 34.6. The Balaban J connectivity index is 0.000000581. The van der Waals surface area contributed by atoms with Gasteiger partial charge in [-0.15, -0.1) is 0 Å². The van der Waals surface area contributed by atoms with Crippen LogP contribution in [0, 0.1) is 0 Å². The van der Waals surface area contributed by atoms with Crippen molar-refractivity contribution in [1.82, 2.24) is 21.3 Å². The minimum absolute atomic E-state index is 0.0156. The van der Waals surface area contributed by atoms with Gasteiger partial charge in [-0.25, -0.2) is 68.8 Å². The monoisotopic (exact) mass is 1480 g/mol. The molecule has 2 unspecified atom stereocenters. The Hall–Kier alpha value is -4.66. The standard InChI is InChI=1S/C12H13BrClF2NO4S.C12H12Cl2F3NO4S.C12H13ClF3NO4S.C12H15F2NO4S/c13-11(14)12(19)17-9(5-15)10(18)7-1-3-8(4-2-7)22(20,21)6-16;13-10(14)11(20)18-8(5-15)9(19)6-1-3-7(4-2-6)23(21,22)12(16)17;13-11(16)12(19)17-9(5-14)10(18)7-1-3-8(4-2-7)22(20,21)6-15;1-8(16)15-11(6-13)12(17)9-2-4-10(5-3-9)20(18,19)7-14/h1-4,9-11,18H,5-6H2,(H,17,19);1-4,8-10,12,19H,5H2,(H,18,20);1-4,9-11,18H,5-6H2,(H,17,19);2-5,11-12,17H,6-7H2,1H3,(H,15,16)/t9-,10-,11?;8-,9-;9-,10-,11?;11-,12-/m1111/s1. The van der Waals surface area contributed by atoms with Gasteiger partial charge in [-0.3, -0.25) is 19.2 Å². The van der Waals surface area contributed by atoms with Crippen LogP contribution in [0.5, 0.6) is 0 Å². The van der Waals surface area contributed by atoms with Crippen molar-refractivity contribution in [2.24, 2.45) is 0 Å². The summed E-state index contributed by atoms with van der Waals surface area (Å²) in [4.78, 5) is 41.7. The lowest BCUT2D eigenvalue weighted by atomic mass is 10.0. The van der Waals surface area contributed by atoms with Crippen molar-refractivity contribution in [3.05, 3.63) is 119 Å². The van der Waals surface area contributed by atoms with Crippen LogP contribution in [0.1, 0.15) is 53.6 Å². The van der Waals surface area contributed by atoms with Crippen LogP contribution in [0.4, 0.5) is 43.9 Å². The van der Waals surface area contributed by atoms with Crippen molar-refractivity contribution in [3.63, 3.8) is 0 Å². The number of hydrogen-bond donors (Lipinski definition) is 8. The molecule has 4 aromatic carbocycles. The molecule has 4 amide bonds. The van der Waals surface area contributed by atoms with Crippen molar-refractivity contribution in [3.8, 4) is 0 Å². The minimum Gasteiger partial charge on any atom is -0.386 e. The molecule has 39 heteroatoms. The number of benzene rings is 4. The fourth-order valence-corrected chi connectivity index (χ4v) is 9.63. The van der Waals surface area contributed by atoms with Crippen LogP contribution >= 0.6 is 62.3 Å². The number of nitrogens with one attached hydrogen (secondary N) is 4. The average molecular weight is 1480 g/mol. The molecule has 0 aromatic heterocycles. The molecular weight excluding hydrogens is 1430 g/mol. The van der Waals surface area contributed by atoms with E-state index < -0.39 is 182 Å². The number of alkyl halides is 15. The normalized spacial score (nSPS) is 15.3. The molecule has 4 aromatic rings. The van der Waals surface area contributed by atoms with E-state index in [0.717, 1.165) is 72.8 Å². The second-order valence-electron chi connectivity index (χ2n) is 17.2. The predicted octanol–water partition coefficient (Wildman–Crippen LogP) is 6.11. The molecule has 0 saturated carbocycles. The molecule has 0 heterocycles. The topological polar surface area (TPSA) is 334 Å². The SMILES string of the molecule is CC(=O)N[C@H](CF)[C@H](O)c1ccc(S(=O)(=O)CF)cc1.O=C(N[C@H](CF)[C@H](O)c1ccc(S(=O)(=O)C(F)F)cc1)C(Cl)Cl.O=C(N[C@H](CF)[C@H](O)c1ccc(S(=O)(=O)CF)cc1)C(Cl)Br.O=C(N[C@H](CF)[C@H](O)c1ccc(S(=O)(=O)CF)cc1)C(F)Cl. The highest BCUT2D eigenvalue weighted by molar-refractivity contribution is 9.10. The van der Waals surface area contributed by atoms with Gasteiger partial charge in [0.15, 0.2) is 27.1 Å². The lowest BCUT2D eigenvalue weighted by Crippen LogP contribution is -2.43. The maximum absolute atomic E-state index is 13.0. The molecule has 0 aliphatic rings. The number of carbonyl (C=O) groups excluding carboxylic acids is 4. The van der Waals surface area contributed by atoms with E-state index in [0.29, 0.717) is 0 Å². The first-order valence-electron chi connectivity index (χ1n) is 23.6. The van der Waals surface area contributed by atoms with Crippen LogP contribution in [0.3, 0.4) is 0 Å². The van der Waals surface area contributed by atoms with Gasteiger partial charge in [-0.05, 0) is 70.8 Å². The van der Waals surface area contributed by atoms with Crippen molar-refractivity contribution in [1.29, 1.82) is 0 Å². The summed E-state index contributed by atoms with van der Waals surface area (Å²) in [6.45, 7) is -3.23. The lowest BCUT2D eigenvalue weighted by Gasteiger charge is -2.22. The first-order chi connectivity index (χ1) is 40.4. The van der Waals surface area contributed by atoms with Gasteiger partial charge in [0, 0.05) is 6.92 Å². The number of hydrogen-bond acceptors (Lipinski definition) is 16. The second kappa shape index (κ2) is 37.5. The Morgan fingerprint density at radius 3 is 0.874 bits per heavy atom. The zero-order chi connectivity index (χ0) is 66.9. The van der Waals surface area contributed by atoms with Crippen molar-refractivity contribution >= 4 is 125 Å². The number of aliphatic hydroxyl groups excluding tert-OH is 4. The molecule has 87 heavy (non-hydrogen) atoms. The highest BCUT2D eigenvalue weighted by Gasteiger charge is 2.31. The van der Waals surface area contributed by atoms with Gasteiger partial charge in [0.2, 0.25) is 51.2 Å². The third-order valence-corrected chi connectivity index (χ3v) is 17.6. The number of rotatable bonds is 27. The lowest BCUT2D eigenvalue weighted by molar-refractivity contribution is -0.125. The summed E-state index contributed by atoms with van der Waals surface area (Å²) in [6, 6.07) is 7.59. The van der Waals surface area contributed by atoms with Crippen LogP contribution in [-0.2, 0) is 58.5 Å². The van der Waals surface area contributed by atoms with E-state index in [9.17, 15) is 117 Å². The van der Waals surface area contributed by atoms with Crippen LogP contribution in [0.2, 0.25) is 0 Å². The third-order valence-electron chi connectivity index (χ3n) is 11.1. The van der Waals surface area contributed by atoms with Crippen molar-refractivity contribution < 1.29 is 117 Å². The molecule has 0 aliphatic carbocycles. The highest BCUT2D eigenvalue weighted by atomic mass is 79.9. The summed E-state index contributed by atoms with van der Waals surface area (Å²) in [5, 5.41) is 48.2. The molecular formula is C48H53BrCl4F10N4O16S4. The highest BCUT2D eigenvalue weighted by Crippen LogP contribution is 2.26. The molecule has 0 saturated heterocycles. The molecule has 10 atom stereocenters. The minimum atomic E-state index is -4.77. The van der Waals surface area contributed by atoms with Crippen LogP contribution in [0.25, 0.3) is 0 Å². The van der Waals surface area contributed by atoms with Gasteiger partial charge in [0.05, 0.1) is 43.7 Å². The van der Waals surface area contributed by atoms with E-state index in [1.165, 1.54) is 31.2 Å². The van der Waals surface area contributed by atoms with Crippen molar-refractivity contribution in [2.75, 3.05) is 44.7 Å². The number of amides is 4. The molecule has 0 aliphatic heterocycles. The van der Waals surface area contributed by atoms with E-state index in [1.54, 1.807) is 0 Å². The zero-order valence-electron chi connectivity index (χ0n) is 44.1. The quantitative estimate of drug-likeness (QED) is 0.0246. The molecule has 0 spiro atoms. The van der Waals surface area contributed by atoms with E-state index in [1.807, 2.05) is 5.32 Å². The molecule has 20 nitrogen and oxygen atoms in total. The van der Waals surface area contributed by atoms with Gasteiger partial charge in [-0.2, -0.15) is 8.78 Å². The summed E-state index contributed by atoms with van der Waals surface area (Å²) < 4.78 is 215. The van der Waals surface area contributed by atoms with Crippen LogP contribution in [0.15, 0.2) is 117 Å². The Labute approximate surface area is 520 Å². The molecule has 4 rings (SSSR count). The summed E-state index contributed by atoms with van der Waals surface area (Å²) >= 11 is 23.7. The molecule has 0 radical (unpaired) electrons. The third kappa shape index (κ3) is 25.3. The number of halogens is 15. The molecule has 0 fully saturated rings. The Morgan fingerprint density at radius 1 is 0.425 bits per heavy atom. The largest absolute Gasteiger partial charge is 0.386 e. The van der Waals surface area contributed by atoms with E-state index >= 15 is 0 Å². The van der Waals surface area contributed by atoms with Gasteiger partial charge < -0.3 is 41.7 Å². The van der Waals surface area contributed by atoms with Crippen LogP contribution < -0.4 is 21.3 Å². The summed E-state index contributed by atoms with van der Waals surface area (Å²) in [7, 11) is -16.8. The summed E-state index contributed by atoms with van der Waals surface area (Å²) in [5.74, 6) is -7.03. The summed E-state index contributed by atoms with van der Waals surface area (Å²) in [5.41, 5.74) is -1.92. The fourth-order valence-electron chi connectivity index (χ4n) is 6.50. The van der Waals surface area contributed by atoms with E-state index in [4.69, 9.17) is 46.4 Å². The van der Waals surface area contributed by atoms with Gasteiger partial charge in [0.1, 0.15) is 51.1 Å². The van der Waals surface area contributed by atoms with E-state index in [2.05, 4.69) is 31.9 Å². The summed E-state index contributed by atoms with van der Waals surface area (Å²) in [6.07, 6.45) is -5.86. The van der Waals surface area contributed by atoms with Crippen molar-refractivity contribution in [2.45, 2.75) is 95.6 Å². The molecule has 8 N–H and O–H groups in total. The molecule has 0 bridgehead atoms. The smallest absolute Gasteiger partial charge is 0.341 e. The zero-order valence-corrected chi connectivity index (χ0v) is 52.0. The maximum atomic E-state index is 13.0. The maximum Gasteiger partial charge on any atom is 0.341 e. The number of sulfone groups is 4. The second-order valence-corrected chi connectivity index (χ2v) is 28.2. The first-order valence-corrected chi connectivity index (χ1v) is 32.8. The number of aliphatic hydroxyl groups is 4. The van der Waals surface area contributed by atoms with Gasteiger partial charge >= 0.3 is 5.76 Å². The molecule has 490 valence electrons. The fraction of sp³-hybridized carbons (Fsp3) is 0.417.